The number of nitrogens with zero attached hydrogens (tertiary/aromatic N) is 1. The van der Waals surface area contributed by atoms with Crippen LogP contribution in [0.4, 0.5) is 10.1 Å². The van der Waals surface area contributed by atoms with Gasteiger partial charge in [0.1, 0.15) is 5.82 Å². The Bertz CT molecular complexity index is 730. The molecule has 108 valence electrons. The Hall–Kier alpha value is -2.21. The highest BCUT2D eigenvalue weighted by atomic mass is 32.2. The molecule has 4 nitrogen and oxygen atoms in total. The van der Waals surface area contributed by atoms with Crippen molar-refractivity contribution >= 4 is 22.6 Å². The Balaban J connectivity index is 1.96. The van der Waals surface area contributed by atoms with E-state index in [0.29, 0.717) is 23.5 Å². The Morgan fingerprint density at radius 3 is 2.57 bits per heavy atom. The monoisotopic (exact) mass is 305 g/mol. The van der Waals surface area contributed by atoms with Crippen LogP contribution in [0.5, 0.6) is 0 Å². The molecule has 2 aromatic carbocycles. The van der Waals surface area contributed by atoms with Crippen LogP contribution in [0.2, 0.25) is 0 Å². The van der Waals surface area contributed by atoms with Crippen LogP contribution in [0.1, 0.15) is 15.9 Å². The number of carboxylic acid groups (broad SMARTS) is 1. The van der Waals surface area contributed by atoms with Gasteiger partial charge >= 0.3 is 5.97 Å². The van der Waals surface area contributed by atoms with Crippen LogP contribution in [0.3, 0.4) is 0 Å². The summed E-state index contributed by atoms with van der Waals surface area (Å²) in [7, 11) is -1.48. The minimum Gasteiger partial charge on any atom is -0.478 e. The largest absolute Gasteiger partial charge is 0.478 e. The Labute approximate surface area is 123 Å². The maximum atomic E-state index is 12.9. The fourth-order valence-corrected chi connectivity index (χ4v) is 3.56. The van der Waals surface area contributed by atoms with Gasteiger partial charge in [-0.1, -0.05) is 6.07 Å². The highest BCUT2D eigenvalue weighted by molar-refractivity contribution is 7.86. The second-order valence-electron chi connectivity index (χ2n) is 4.70. The highest BCUT2D eigenvalue weighted by Crippen LogP contribution is 2.32. The van der Waals surface area contributed by atoms with Gasteiger partial charge in [-0.05, 0) is 48.4 Å². The van der Waals surface area contributed by atoms with Crippen LogP contribution in [-0.4, -0.2) is 21.8 Å². The van der Waals surface area contributed by atoms with E-state index >= 15 is 0 Å². The summed E-state index contributed by atoms with van der Waals surface area (Å²) in [6.07, 6.45) is 0.710. The Morgan fingerprint density at radius 2 is 1.90 bits per heavy atom. The van der Waals surface area contributed by atoms with Crippen molar-refractivity contribution in [2.45, 2.75) is 11.3 Å². The first-order chi connectivity index (χ1) is 10.1. The van der Waals surface area contributed by atoms with E-state index in [1.807, 2.05) is 0 Å². The lowest BCUT2D eigenvalue weighted by Gasteiger charge is -2.18. The summed E-state index contributed by atoms with van der Waals surface area (Å²) in [5.41, 5.74) is 1.80. The predicted molar refractivity (Wildman–Crippen MR) is 77.3 cm³/mol. The third-order valence-corrected chi connectivity index (χ3v) is 4.86. The maximum Gasteiger partial charge on any atom is 0.335 e. The molecule has 1 heterocycles. The van der Waals surface area contributed by atoms with Gasteiger partial charge in [0.05, 0.1) is 16.1 Å². The summed E-state index contributed by atoms with van der Waals surface area (Å²) in [5, 5.41) is 9.05. The molecule has 0 saturated carbocycles. The molecule has 21 heavy (non-hydrogen) atoms. The molecule has 0 fully saturated rings. The fourth-order valence-electron chi connectivity index (χ4n) is 2.33. The number of anilines is 1. The molecule has 0 saturated heterocycles. The van der Waals surface area contributed by atoms with Crippen molar-refractivity contribution in [3.63, 3.8) is 0 Å². The molecule has 0 aliphatic carbocycles. The minimum absolute atomic E-state index is 0.164. The molecule has 0 aromatic heterocycles. The lowest BCUT2D eigenvalue weighted by molar-refractivity contribution is 0.0697. The lowest BCUT2D eigenvalue weighted by atomic mass is 10.1. The number of aromatic carboxylic acids is 1. The van der Waals surface area contributed by atoms with Crippen molar-refractivity contribution in [2.24, 2.45) is 0 Å². The van der Waals surface area contributed by atoms with Gasteiger partial charge < -0.3 is 5.11 Å². The molecule has 0 amide bonds. The summed E-state index contributed by atoms with van der Waals surface area (Å²) in [5.74, 6) is -1.40. The molecule has 1 N–H and O–H groups in total. The number of benzene rings is 2. The number of hydrogen-bond donors (Lipinski definition) is 1. The Kier molecular flexibility index (Phi) is 3.47. The van der Waals surface area contributed by atoms with E-state index in [4.69, 9.17) is 5.11 Å². The molecule has 6 heteroatoms. The summed E-state index contributed by atoms with van der Waals surface area (Å²) >= 11 is 0. The molecule has 0 radical (unpaired) electrons. The average molecular weight is 305 g/mol. The summed E-state index contributed by atoms with van der Waals surface area (Å²) in [6.45, 7) is 0.544. The maximum absolute atomic E-state index is 12.9. The van der Waals surface area contributed by atoms with Gasteiger partial charge in [-0.3, -0.25) is 4.31 Å². The SMILES string of the molecule is O=C(O)c1ccc2c(c1)N(S(=O)c1ccc(F)cc1)CC2. The van der Waals surface area contributed by atoms with Gasteiger partial charge in [-0.15, -0.1) is 0 Å². The summed E-state index contributed by atoms with van der Waals surface area (Å²) in [4.78, 5) is 11.5. The zero-order valence-electron chi connectivity index (χ0n) is 11.0. The summed E-state index contributed by atoms with van der Waals surface area (Å²) < 4.78 is 27.1. The Morgan fingerprint density at radius 1 is 1.19 bits per heavy atom. The first kappa shape index (κ1) is 13.8. The van der Waals surface area contributed by atoms with E-state index < -0.39 is 17.0 Å². The minimum atomic E-state index is -1.48. The van der Waals surface area contributed by atoms with Crippen molar-refractivity contribution in [2.75, 3.05) is 10.8 Å². The zero-order chi connectivity index (χ0) is 15.0. The third-order valence-electron chi connectivity index (χ3n) is 3.40. The van der Waals surface area contributed by atoms with Gasteiger partial charge in [0.25, 0.3) is 0 Å². The number of halogens is 1. The standard InChI is InChI=1S/C15H12FNO3S/c16-12-3-5-13(6-4-12)21(20)17-8-7-10-1-2-11(15(18)19)9-14(10)17/h1-6,9H,7-8H2,(H,18,19). The number of rotatable bonds is 3. The zero-order valence-corrected chi connectivity index (χ0v) is 11.8. The van der Waals surface area contributed by atoms with Gasteiger partial charge in [-0.2, -0.15) is 0 Å². The van der Waals surface area contributed by atoms with Gasteiger partial charge in [0.2, 0.25) is 0 Å². The van der Waals surface area contributed by atoms with Crippen LogP contribution in [-0.2, 0) is 17.4 Å². The van der Waals surface area contributed by atoms with E-state index in [0.717, 1.165) is 5.56 Å². The van der Waals surface area contributed by atoms with Crippen LogP contribution < -0.4 is 4.31 Å². The van der Waals surface area contributed by atoms with E-state index in [2.05, 4.69) is 0 Å². The fraction of sp³-hybridized carbons (Fsp3) is 0.133. The van der Waals surface area contributed by atoms with Crippen molar-refractivity contribution in [3.05, 3.63) is 59.4 Å². The molecule has 0 bridgehead atoms. The molecule has 1 unspecified atom stereocenters. The van der Waals surface area contributed by atoms with E-state index in [1.54, 1.807) is 16.4 Å². The molecule has 0 spiro atoms. The number of carbonyl (C=O) groups is 1. The van der Waals surface area contributed by atoms with Crippen molar-refractivity contribution in [1.82, 2.24) is 0 Å². The lowest BCUT2D eigenvalue weighted by Crippen LogP contribution is -2.23. The first-order valence-electron chi connectivity index (χ1n) is 6.37. The van der Waals surface area contributed by atoms with E-state index in [9.17, 15) is 13.4 Å². The number of carboxylic acids is 1. The van der Waals surface area contributed by atoms with Gasteiger partial charge in [0.15, 0.2) is 11.0 Å². The van der Waals surface area contributed by atoms with E-state index in [1.165, 1.54) is 30.3 Å². The normalized spacial score (nSPS) is 14.8. The first-order valence-corrected chi connectivity index (χ1v) is 7.48. The quantitative estimate of drug-likeness (QED) is 0.948. The number of hydrogen-bond acceptors (Lipinski definition) is 2. The second-order valence-corrected chi connectivity index (χ2v) is 6.11. The average Bonchev–Trinajstić information content (AvgIpc) is 2.90. The van der Waals surface area contributed by atoms with Crippen LogP contribution in [0.15, 0.2) is 47.4 Å². The number of fused-ring (bicyclic) bond motifs is 1. The molecule has 3 rings (SSSR count). The van der Waals surface area contributed by atoms with Crippen molar-refractivity contribution in [1.29, 1.82) is 0 Å². The highest BCUT2D eigenvalue weighted by Gasteiger charge is 2.25. The second kappa shape index (κ2) is 5.29. The van der Waals surface area contributed by atoms with Gasteiger partial charge in [0, 0.05) is 6.54 Å². The van der Waals surface area contributed by atoms with E-state index in [-0.39, 0.29) is 11.4 Å². The topological polar surface area (TPSA) is 57.6 Å². The van der Waals surface area contributed by atoms with Crippen molar-refractivity contribution in [3.8, 4) is 0 Å². The summed E-state index contributed by atoms with van der Waals surface area (Å²) in [6, 6.07) is 10.3. The van der Waals surface area contributed by atoms with Gasteiger partial charge in [-0.25, -0.2) is 13.4 Å². The van der Waals surface area contributed by atoms with Crippen LogP contribution in [0, 0.1) is 5.82 Å². The molecule has 2 aromatic rings. The third kappa shape index (κ3) is 2.54. The smallest absolute Gasteiger partial charge is 0.335 e. The molecule has 1 aliphatic rings. The molecule has 1 atom stereocenters. The van der Waals surface area contributed by atoms with Crippen LogP contribution >= 0.6 is 0 Å². The molecule has 1 aliphatic heterocycles. The molecular formula is C15H12FNO3S. The van der Waals surface area contributed by atoms with Crippen molar-refractivity contribution < 1.29 is 18.5 Å². The molecular weight excluding hydrogens is 293 g/mol. The predicted octanol–water partition coefficient (Wildman–Crippen LogP) is 2.61. The van der Waals surface area contributed by atoms with Crippen LogP contribution in [0.25, 0.3) is 0 Å².